The van der Waals surface area contributed by atoms with Crippen molar-refractivity contribution in [2.75, 3.05) is 31.5 Å². The van der Waals surface area contributed by atoms with Gasteiger partial charge in [0.1, 0.15) is 6.54 Å². The number of rotatable bonds is 11. The monoisotopic (exact) mass is 649 g/mol. The fraction of sp³-hybridized carbons (Fsp3) is 0.414. The van der Waals surface area contributed by atoms with Crippen molar-refractivity contribution in [3.05, 3.63) is 59.8 Å². The Bertz CT molecular complexity index is 1710. The second-order valence-corrected chi connectivity index (χ2v) is 10.9. The Hall–Kier alpha value is -4.64. The fourth-order valence-electron chi connectivity index (χ4n) is 5.23. The van der Waals surface area contributed by atoms with E-state index in [9.17, 15) is 36.6 Å². The Kier molecular flexibility index (Phi) is 9.52. The number of amides is 2. The van der Waals surface area contributed by atoms with Gasteiger partial charge < -0.3 is 26.4 Å². The summed E-state index contributed by atoms with van der Waals surface area (Å²) in [6.07, 6.45) is -1.50. The van der Waals surface area contributed by atoms with Crippen molar-refractivity contribution in [1.82, 2.24) is 40.1 Å². The van der Waals surface area contributed by atoms with E-state index in [0.717, 1.165) is 6.20 Å². The lowest BCUT2D eigenvalue weighted by molar-refractivity contribution is -0.141. The SMILES string of the molecule is CCc1cc(Nc2nccn3c(-c4cn(CC(F)F)nc4C(F)(F)F)cnc23)ccc1C(=O)NCC(=O)NCC1(O)CCNCC1. The molecule has 0 atom stereocenters. The first-order chi connectivity index (χ1) is 21.9. The molecule has 0 aliphatic carbocycles. The number of aromatic nitrogens is 5. The van der Waals surface area contributed by atoms with E-state index in [4.69, 9.17) is 0 Å². The molecule has 1 fully saturated rings. The Labute approximate surface area is 259 Å². The minimum Gasteiger partial charge on any atom is -0.388 e. The van der Waals surface area contributed by atoms with Crippen LogP contribution in [-0.2, 0) is 23.9 Å². The predicted octanol–water partition coefficient (Wildman–Crippen LogP) is 3.14. The van der Waals surface area contributed by atoms with E-state index in [1.807, 2.05) is 6.92 Å². The third-order valence-corrected chi connectivity index (χ3v) is 7.61. The van der Waals surface area contributed by atoms with Crippen LogP contribution in [0.4, 0.5) is 33.5 Å². The molecule has 3 aromatic heterocycles. The topological polar surface area (TPSA) is 150 Å². The molecule has 4 heterocycles. The van der Waals surface area contributed by atoms with Crippen LogP contribution in [0.5, 0.6) is 0 Å². The van der Waals surface area contributed by atoms with Crippen LogP contribution in [0.1, 0.15) is 41.4 Å². The van der Waals surface area contributed by atoms with Crippen LogP contribution in [0.3, 0.4) is 0 Å². The van der Waals surface area contributed by atoms with Crippen LogP contribution in [-0.4, -0.2) is 79.3 Å². The van der Waals surface area contributed by atoms with Crippen LogP contribution >= 0.6 is 0 Å². The summed E-state index contributed by atoms with van der Waals surface area (Å²) in [5.41, 5.74) is -1.09. The molecule has 17 heteroatoms. The summed E-state index contributed by atoms with van der Waals surface area (Å²) in [5.74, 6) is -0.711. The summed E-state index contributed by atoms with van der Waals surface area (Å²) in [7, 11) is 0. The van der Waals surface area contributed by atoms with Gasteiger partial charge in [0.25, 0.3) is 12.3 Å². The molecule has 1 saturated heterocycles. The molecule has 46 heavy (non-hydrogen) atoms. The first-order valence-corrected chi connectivity index (χ1v) is 14.5. The number of nitrogens with zero attached hydrogens (tertiary/aromatic N) is 5. The number of aliphatic hydroxyl groups is 1. The molecule has 0 bridgehead atoms. The maximum atomic E-state index is 13.7. The van der Waals surface area contributed by atoms with Gasteiger partial charge in [-0.15, -0.1) is 0 Å². The Morgan fingerprint density at radius 1 is 1.15 bits per heavy atom. The number of benzene rings is 1. The molecule has 5 rings (SSSR count). The molecule has 12 nitrogen and oxygen atoms in total. The lowest BCUT2D eigenvalue weighted by atomic mass is 9.92. The van der Waals surface area contributed by atoms with E-state index in [1.165, 1.54) is 23.0 Å². The quantitative estimate of drug-likeness (QED) is 0.156. The number of hydrogen-bond donors (Lipinski definition) is 5. The normalized spacial score (nSPS) is 14.9. The van der Waals surface area contributed by atoms with E-state index in [1.54, 1.807) is 18.2 Å². The highest BCUT2D eigenvalue weighted by Gasteiger charge is 2.38. The van der Waals surface area contributed by atoms with Gasteiger partial charge in [-0.1, -0.05) is 6.92 Å². The number of alkyl halides is 5. The minimum absolute atomic E-state index is 0.0245. The molecule has 2 amide bonds. The van der Waals surface area contributed by atoms with Gasteiger partial charge in [-0.05, 0) is 56.1 Å². The zero-order valence-corrected chi connectivity index (χ0v) is 24.7. The molecule has 0 spiro atoms. The van der Waals surface area contributed by atoms with Crippen molar-refractivity contribution in [2.24, 2.45) is 0 Å². The molecule has 1 aliphatic rings. The van der Waals surface area contributed by atoms with E-state index in [2.05, 4.69) is 36.3 Å². The van der Waals surface area contributed by atoms with Gasteiger partial charge >= 0.3 is 6.18 Å². The highest BCUT2D eigenvalue weighted by Crippen LogP contribution is 2.37. The lowest BCUT2D eigenvalue weighted by Gasteiger charge is -2.32. The number of aryl methyl sites for hydroxylation is 1. The number of hydrogen-bond acceptors (Lipinski definition) is 8. The number of imidazole rings is 1. The highest BCUT2D eigenvalue weighted by molar-refractivity contribution is 5.98. The van der Waals surface area contributed by atoms with Crippen LogP contribution in [0.25, 0.3) is 16.9 Å². The van der Waals surface area contributed by atoms with Crippen molar-refractivity contribution >= 4 is 29.0 Å². The third kappa shape index (κ3) is 7.42. The summed E-state index contributed by atoms with van der Waals surface area (Å²) in [5, 5.41) is 25.3. The molecule has 4 aromatic rings. The summed E-state index contributed by atoms with van der Waals surface area (Å²) >= 11 is 0. The number of halogens is 5. The number of fused-ring (bicyclic) bond motifs is 1. The minimum atomic E-state index is -4.90. The first-order valence-electron chi connectivity index (χ1n) is 14.5. The number of piperidine rings is 1. The van der Waals surface area contributed by atoms with Gasteiger partial charge in [-0.2, -0.15) is 18.3 Å². The van der Waals surface area contributed by atoms with Crippen molar-refractivity contribution in [3.63, 3.8) is 0 Å². The molecule has 5 N–H and O–H groups in total. The summed E-state index contributed by atoms with van der Waals surface area (Å²) in [6.45, 7) is 1.97. The second kappa shape index (κ2) is 13.4. The zero-order chi connectivity index (χ0) is 33.1. The number of carbonyl (C=O) groups is 2. The summed E-state index contributed by atoms with van der Waals surface area (Å²) in [4.78, 5) is 33.7. The standard InChI is InChI=1S/C29H32F5N9O3/c1-2-17-11-18(3-4-19(17)27(45)38-13-23(44)39-16-28(46)5-7-35-8-6-28)40-25-26-37-12-21(43(26)10-9-36-25)20-14-42(15-22(30)31)41-24(20)29(32,33)34/h3-4,9-12,14,22,35,46H,2,5-8,13,15-16H2,1H3,(H,36,40)(H,38,45)(H,39,44). The number of carbonyl (C=O) groups excluding carboxylic acids is 2. The van der Waals surface area contributed by atoms with Crippen LogP contribution in [0.2, 0.25) is 0 Å². The average molecular weight is 650 g/mol. The first kappa shape index (κ1) is 32.7. The zero-order valence-electron chi connectivity index (χ0n) is 24.7. The molecule has 246 valence electrons. The van der Waals surface area contributed by atoms with Crippen LogP contribution < -0.4 is 21.3 Å². The van der Waals surface area contributed by atoms with Crippen molar-refractivity contribution in [3.8, 4) is 11.3 Å². The van der Waals surface area contributed by atoms with Gasteiger partial charge in [0.2, 0.25) is 5.91 Å². The lowest BCUT2D eigenvalue weighted by Crippen LogP contribution is -2.51. The smallest absolute Gasteiger partial charge is 0.388 e. The van der Waals surface area contributed by atoms with E-state index >= 15 is 0 Å². The fourth-order valence-corrected chi connectivity index (χ4v) is 5.23. The van der Waals surface area contributed by atoms with Gasteiger partial charge in [-0.25, -0.2) is 18.7 Å². The largest absolute Gasteiger partial charge is 0.435 e. The molecule has 1 aliphatic heterocycles. The maximum Gasteiger partial charge on any atom is 0.435 e. The predicted molar refractivity (Wildman–Crippen MR) is 157 cm³/mol. The molecule has 1 aromatic carbocycles. The maximum absolute atomic E-state index is 13.7. The van der Waals surface area contributed by atoms with Gasteiger partial charge in [-0.3, -0.25) is 18.7 Å². The van der Waals surface area contributed by atoms with E-state index in [0.29, 0.717) is 53.8 Å². The summed E-state index contributed by atoms with van der Waals surface area (Å²) in [6, 6.07) is 4.87. The van der Waals surface area contributed by atoms with Gasteiger partial charge in [0.05, 0.1) is 29.6 Å². The van der Waals surface area contributed by atoms with Crippen molar-refractivity contribution < 1.29 is 36.6 Å². The molecule has 0 unspecified atom stereocenters. The second-order valence-electron chi connectivity index (χ2n) is 10.9. The molecular weight excluding hydrogens is 617 g/mol. The Morgan fingerprint density at radius 3 is 2.61 bits per heavy atom. The average Bonchev–Trinajstić information content (AvgIpc) is 3.64. The van der Waals surface area contributed by atoms with Crippen LogP contribution in [0.15, 0.2) is 43.0 Å². The number of anilines is 2. The molecule has 0 radical (unpaired) electrons. The van der Waals surface area contributed by atoms with Gasteiger partial charge in [0.15, 0.2) is 17.2 Å². The van der Waals surface area contributed by atoms with Crippen molar-refractivity contribution in [2.45, 2.75) is 50.9 Å². The number of nitrogens with one attached hydrogen (secondary N) is 4. The highest BCUT2D eigenvalue weighted by atomic mass is 19.4. The van der Waals surface area contributed by atoms with Crippen LogP contribution in [0, 0.1) is 0 Å². The molecular formula is C29H32F5N9O3. The third-order valence-electron chi connectivity index (χ3n) is 7.61. The summed E-state index contributed by atoms with van der Waals surface area (Å²) < 4.78 is 68.9. The van der Waals surface area contributed by atoms with Crippen molar-refractivity contribution in [1.29, 1.82) is 0 Å². The molecule has 0 saturated carbocycles. The van der Waals surface area contributed by atoms with Gasteiger partial charge in [0, 0.05) is 36.4 Å². The Balaban J connectivity index is 1.30. The Morgan fingerprint density at radius 2 is 1.91 bits per heavy atom. The van der Waals surface area contributed by atoms with E-state index in [-0.39, 0.29) is 30.2 Å². The van der Waals surface area contributed by atoms with E-state index < -0.39 is 47.8 Å².